The molecular formula is C28H40N3O6P. The van der Waals surface area contributed by atoms with Crippen LogP contribution in [-0.4, -0.2) is 29.0 Å². The predicted molar refractivity (Wildman–Crippen MR) is 156 cm³/mol. The van der Waals surface area contributed by atoms with E-state index in [1.54, 1.807) is 32.9 Å². The summed E-state index contributed by atoms with van der Waals surface area (Å²) in [5, 5.41) is 14.8. The van der Waals surface area contributed by atoms with Crippen molar-refractivity contribution in [3.05, 3.63) is 94.9 Å². The number of fused-ring (bicyclic) bond motifs is 1. The second-order valence-corrected chi connectivity index (χ2v) is 8.35. The summed E-state index contributed by atoms with van der Waals surface area (Å²) in [5.41, 5.74) is 2.50. The van der Waals surface area contributed by atoms with Gasteiger partial charge in [0, 0.05) is 29.2 Å². The molecule has 0 aliphatic rings. The fourth-order valence-corrected chi connectivity index (χ4v) is 3.65. The standard InChI is InChI=1S/C14H19N2O6P.C9H9N.C3H6.C2H6/c1-4-11(3)21-23(15-10-14(17)20-5-2)22-13-8-6-12(7-9-13)16(18)19;1-7-6-10-9-5-3-2-4-8(7)9;1-3-2;1-2/h4,6-9,15H,5,10H2,1-3H3;2-6,10H,1H3;3H,1H2,2H3;1-2H3/b11-4+;;;. The zero-order valence-electron chi connectivity index (χ0n) is 23.3. The number of nitrogens with one attached hydrogen (secondary N) is 2. The van der Waals surface area contributed by atoms with Crippen LogP contribution in [0.15, 0.2) is 79.2 Å². The molecule has 2 N–H and O–H groups in total. The number of non-ortho nitro benzene ring substituents is 1. The number of aryl methyl sites for hydroxylation is 1. The maximum absolute atomic E-state index is 11.4. The fraction of sp³-hybridized carbons (Fsp3) is 0.321. The van der Waals surface area contributed by atoms with Crippen LogP contribution in [0.5, 0.6) is 5.75 Å². The summed E-state index contributed by atoms with van der Waals surface area (Å²) in [6.45, 7) is 16.9. The smallest absolute Gasteiger partial charge is 0.381 e. The Kier molecular flexibility index (Phi) is 18.4. The monoisotopic (exact) mass is 545 g/mol. The first kappa shape index (κ1) is 34.3. The lowest BCUT2D eigenvalue weighted by Gasteiger charge is -2.18. The Balaban J connectivity index is 0.000000744. The van der Waals surface area contributed by atoms with E-state index in [-0.39, 0.29) is 18.8 Å². The van der Waals surface area contributed by atoms with E-state index in [0.717, 1.165) is 0 Å². The number of carbonyl (C=O) groups is 1. The normalized spacial score (nSPS) is 10.8. The van der Waals surface area contributed by atoms with Gasteiger partial charge in [0.05, 0.1) is 17.3 Å². The number of aromatic nitrogens is 1. The van der Waals surface area contributed by atoms with Gasteiger partial charge in [0.15, 0.2) is 0 Å². The minimum absolute atomic E-state index is 0.0355. The maximum atomic E-state index is 11.4. The van der Waals surface area contributed by atoms with Crippen LogP contribution < -0.4 is 9.61 Å². The zero-order valence-corrected chi connectivity index (χ0v) is 24.2. The molecule has 0 radical (unpaired) electrons. The van der Waals surface area contributed by atoms with Crippen LogP contribution >= 0.6 is 8.53 Å². The molecule has 3 aromatic rings. The molecule has 1 heterocycles. The Labute approximate surface area is 227 Å². The molecule has 208 valence electrons. The van der Waals surface area contributed by atoms with Gasteiger partial charge < -0.3 is 18.8 Å². The number of para-hydroxylation sites is 1. The van der Waals surface area contributed by atoms with E-state index in [1.807, 2.05) is 33.0 Å². The van der Waals surface area contributed by atoms with Crippen LogP contribution in [0.2, 0.25) is 0 Å². The summed E-state index contributed by atoms with van der Waals surface area (Å²) in [6, 6.07) is 13.9. The lowest BCUT2D eigenvalue weighted by atomic mass is 10.2. The highest BCUT2D eigenvalue weighted by Crippen LogP contribution is 2.38. The first-order valence-corrected chi connectivity index (χ1v) is 13.5. The second-order valence-electron chi connectivity index (χ2n) is 7.16. The molecule has 3 rings (SSSR count). The summed E-state index contributed by atoms with van der Waals surface area (Å²) in [5.74, 6) is 0.588. The van der Waals surface area contributed by atoms with Crippen molar-refractivity contribution in [2.45, 2.75) is 48.5 Å². The van der Waals surface area contributed by atoms with E-state index in [0.29, 0.717) is 11.5 Å². The maximum Gasteiger partial charge on any atom is 0.381 e. The highest BCUT2D eigenvalue weighted by atomic mass is 31.2. The molecule has 0 fully saturated rings. The van der Waals surface area contributed by atoms with Crippen molar-refractivity contribution >= 4 is 31.1 Å². The molecule has 1 atom stereocenters. The van der Waals surface area contributed by atoms with Gasteiger partial charge in [-0.05, 0) is 64.5 Å². The van der Waals surface area contributed by atoms with Gasteiger partial charge in [-0.2, -0.15) is 0 Å². The molecule has 1 aromatic heterocycles. The fourth-order valence-electron chi connectivity index (χ4n) is 2.55. The minimum atomic E-state index is -1.64. The molecule has 0 bridgehead atoms. The van der Waals surface area contributed by atoms with Crippen LogP contribution in [0.25, 0.3) is 10.9 Å². The van der Waals surface area contributed by atoms with Crippen molar-refractivity contribution in [2.75, 3.05) is 13.2 Å². The average molecular weight is 546 g/mol. The summed E-state index contributed by atoms with van der Waals surface area (Å²) in [4.78, 5) is 24.7. The topological polar surface area (TPSA) is 116 Å². The highest BCUT2D eigenvalue weighted by molar-refractivity contribution is 7.45. The van der Waals surface area contributed by atoms with E-state index in [9.17, 15) is 14.9 Å². The van der Waals surface area contributed by atoms with Crippen LogP contribution in [-0.2, 0) is 14.1 Å². The number of aromatic amines is 1. The van der Waals surface area contributed by atoms with Gasteiger partial charge in [-0.3, -0.25) is 14.9 Å². The number of nitrogens with zero attached hydrogens (tertiary/aromatic N) is 1. The van der Waals surface area contributed by atoms with E-state index in [1.165, 1.54) is 40.7 Å². The van der Waals surface area contributed by atoms with Gasteiger partial charge in [0.2, 0.25) is 0 Å². The number of ether oxygens (including phenoxy) is 1. The molecule has 0 aliphatic heterocycles. The van der Waals surface area contributed by atoms with E-state index in [2.05, 4.69) is 41.8 Å². The Morgan fingerprint density at radius 2 is 1.76 bits per heavy atom. The summed E-state index contributed by atoms with van der Waals surface area (Å²) >= 11 is 0. The summed E-state index contributed by atoms with van der Waals surface area (Å²) < 4.78 is 16.0. The number of rotatable bonds is 9. The second kappa shape index (κ2) is 20.4. The number of benzene rings is 2. The van der Waals surface area contributed by atoms with Gasteiger partial charge in [0.25, 0.3) is 5.69 Å². The van der Waals surface area contributed by atoms with Crippen molar-refractivity contribution < 1.29 is 23.5 Å². The van der Waals surface area contributed by atoms with Crippen molar-refractivity contribution in [2.24, 2.45) is 0 Å². The van der Waals surface area contributed by atoms with Crippen molar-refractivity contribution in [3.63, 3.8) is 0 Å². The zero-order chi connectivity index (χ0) is 28.9. The molecule has 9 nitrogen and oxygen atoms in total. The van der Waals surface area contributed by atoms with Crippen LogP contribution in [0.4, 0.5) is 5.69 Å². The van der Waals surface area contributed by atoms with Gasteiger partial charge in [-0.1, -0.05) is 38.1 Å². The number of nitro groups is 1. The first-order valence-electron chi connectivity index (χ1n) is 12.3. The van der Waals surface area contributed by atoms with Gasteiger partial charge >= 0.3 is 14.5 Å². The summed E-state index contributed by atoms with van der Waals surface area (Å²) in [7, 11) is -1.64. The molecule has 0 saturated carbocycles. The lowest BCUT2D eigenvalue weighted by Crippen LogP contribution is -2.23. The number of allylic oxidation sites excluding steroid dienone is 3. The third-order valence-corrected chi connectivity index (χ3v) is 5.57. The Hall–Kier alpha value is -3.68. The number of hydrogen-bond acceptors (Lipinski definition) is 7. The Bertz CT molecular complexity index is 1130. The van der Waals surface area contributed by atoms with Gasteiger partial charge in [0.1, 0.15) is 12.3 Å². The quantitative estimate of drug-likeness (QED) is 0.0699. The van der Waals surface area contributed by atoms with E-state index < -0.39 is 19.4 Å². The molecule has 10 heteroatoms. The van der Waals surface area contributed by atoms with Crippen LogP contribution in [0.3, 0.4) is 0 Å². The first-order chi connectivity index (χ1) is 18.2. The lowest BCUT2D eigenvalue weighted by molar-refractivity contribution is -0.384. The van der Waals surface area contributed by atoms with Crippen LogP contribution in [0.1, 0.15) is 47.1 Å². The Morgan fingerprint density at radius 1 is 1.16 bits per heavy atom. The molecule has 0 amide bonds. The highest BCUT2D eigenvalue weighted by Gasteiger charge is 2.17. The number of hydrogen-bond donors (Lipinski definition) is 2. The minimum Gasteiger partial charge on any atom is -0.465 e. The average Bonchev–Trinajstić information content (AvgIpc) is 3.30. The van der Waals surface area contributed by atoms with E-state index in [4.69, 9.17) is 13.8 Å². The molecule has 1 unspecified atom stereocenters. The number of nitro benzene ring substituents is 1. The Morgan fingerprint density at radius 3 is 2.29 bits per heavy atom. The van der Waals surface area contributed by atoms with Crippen molar-refractivity contribution in [1.82, 2.24) is 10.1 Å². The van der Waals surface area contributed by atoms with Gasteiger partial charge in [-0.15, -0.1) is 6.58 Å². The predicted octanol–water partition coefficient (Wildman–Crippen LogP) is 7.99. The molecule has 0 aliphatic carbocycles. The van der Waals surface area contributed by atoms with Crippen molar-refractivity contribution in [3.8, 4) is 5.75 Å². The third kappa shape index (κ3) is 13.6. The third-order valence-electron chi connectivity index (χ3n) is 4.32. The number of H-pyrrole nitrogens is 1. The molecule has 38 heavy (non-hydrogen) atoms. The van der Waals surface area contributed by atoms with Gasteiger partial charge in [-0.25, -0.2) is 5.09 Å². The SMILES string of the molecule is C/C=C(\C)OP(NCC(=O)OCC)Oc1ccc([N+](=O)[O-])cc1.C=CC.CC.Cc1c[nH]c2ccccc12. The van der Waals surface area contributed by atoms with Crippen molar-refractivity contribution in [1.29, 1.82) is 0 Å². The summed E-state index contributed by atoms with van der Waals surface area (Å²) in [6.07, 6.45) is 5.53. The van der Waals surface area contributed by atoms with E-state index >= 15 is 0 Å². The largest absolute Gasteiger partial charge is 0.465 e. The number of esters is 1. The molecule has 2 aromatic carbocycles. The number of carbonyl (C=O) groups excluding carboxylic acids is 1. The molecule has 0 spiro atoms. The molecular weight excluding hydrogens is 505 g/mol. The van der Waals surface area contributed by atoms with Crippen LogP contribution in [0, 0.1) is 17.0 Å². The molecule has 0 saturated heterocycles.